The molecule has 0 N–H and O–H groups in total. The van der Waals surface area contributed by atoms with Crippen LogP contribution in [0, 0.1) is 5.41 Å². The van der Waals surface area contributed by atoms with Crippen molar-refractivity contribution in [2.45, 2.75) is 33.7 Å². The molecular formula is C15H21N. The first kappa shape index (κ1) is 11.3. The third kappa shape index (κ3) is 2.66. The van der Waals surface area contributed by atoms with Crippen LogP contribution < -0.4 is 0 Å². The van der Waals surface area contributed by atoms with Gasteiger partial charge in [0.1, 0.15) is 0 Å². The Bertz CT molecular complexity index is 370. The second kappa shape index (κ2) is 4.32. The lowest BCUT2D eigenvalue weighted by molar-refractivity contribution is 0.400. The van der Waals surface area contributed by atoms with Gasteiger partial charge >= 0.3 is 0 Å². The van der Waals surface area contributed by atoms with Crippen LogP contribution in [0.5, 0.6) is 0 Å². The van der Waals surface area contributed by atoms with E-state index in [9.17, 15) is 0 Å². The molecule has 1 nitrogen and oxygen atoms in total. The molecule has 1 heterocycles. The molecule has 1 aromatic rings. The Kier molecular flexibility index (Phi) is 3.04. The smallest absolute Gasteiger partial charge is 0.0424 e. The number of hydrogen-bond acceptors (Lipinski definition) is 1. The highest BCUT2D eigenvalue weighted by Crippen LogP contribution is 2.32. The Morgan fingerprint density at radius 2 is 1.81 bits per heavy atom. The number of benzene rings is 1. The van der Waals surface area contributed by atoms with Gasteiger partial charge in [0.25, 0.3) is 0 Å². The summed E-state index contributed by atoms with van der Waals surface area (Å²) >= 11 is 0. The van der Waals surface area contributed by atoms with Crippen LogP contribution in [-0.2, 0) is 6.54 Å². The molecule has 0 saturated carbocycles. The zero-order valence-electron chi connectivity index (χ0n) is 10.5. The minimum Gasteiger partial charge on any atom is -0.373 e. The van der Waals surface area contributed by atoms with Crippen molar-refractivity contribution in [3.63, 3.8) is 0 Å². The van der Waals surface area contributed by atoms with E-state index < -0.39 is 0 Å². The summed E-state index contributed by atoms with van der Waals surface area (Å²) in [5, 5.41) is 0. The summed E-state index contributed by atoms with van der Waals surface area (Å²) in [6, 6.07) is 10.7. The lowest BCUT2D eigenvalue weighted by atomic mass is 9.86. The molecule has 1 aromatic carbocycles. The molecule has 0 atom stereocenters. The van der Waals surface area contributed by atoms with Crippen molar-refractivity contribution in [1.82, 2.24) is 4.90 Å². The van der Waals surface area contributed by atoms with E-state index in [0.29, 0.717) is 5.41 Å². The predicted octanol–water partition coefficient (Wildman–Crippen LogP) is 3.82. The van der Waals surface area contributed by atoms with E-state index in [1.54, 1.807) is 5.57 Å². The molecular weight excluding hydrogens is 194 g/mol. The van der Waals surface area contributed by atoms with Gasteiger partial charge in [0.2, 0.25) is 0 Å². The average molecular weight is 215 g/mol. The molecule has 1 heteroatoms. The highest BCUT2D eigenvalue weighted by atomic mass is 15.1. The zero-order valence-corrected chi connectivity index (χ0v) is 10.5. The highest BCUT2D eigenvalue weighted by molar-refractivity contribution is 5.19. The highest BCUT2D eigenvalue weighted by Gasteiger charge is 2.22. The molecule has 0 fully saturated rings. The zero-order chi connectivity index (χ0) is 11.6. The number of hydrogen-bond donors (Lipinski definition) is 0. The minimum atomic E-state index is 0.325. The standard InChI is InChI=1S/C15H21N/c1-15(2,3)14-9-10-16(12-14)11-13-7-5-4-6-8-13/h4-8,12H,9-11H2,1-3H3. The van der Waals surface area contributed by atoms with Gasteiger partial charge in [-0.1, -0.05) is 51.1 Å². The van der Waals surface area contributed by atoms with E-state index in [4.69, 9.17) is 0 Å². The second-order valence-electron chi connectivity index (χ2n) is 5.61. The third-order valence-corrected chi connectivity index (χ3v) is 3.20. The van der Waals surface area contributed by atoms with Crippen LogP contribution >= 0.6 is 0 Å². The van der Waals surface area contributed by atoms with Crippen molar-refractivity contribution in [3.8, 4) is 0 Å². The van der Waals surface area contributed by atoms with Crippen LogP contribution in [-0.4, -0.2) is 11.4 Å². The molecule has 0 saturated heterocycles. The van der Waals surface area contributed by atoms with Crippen molar-refractivity contribution in [1.29, 1.82) is 0 Å². The van der Waals surface area contributed by atoms with Gasteiger partial charge in [0, 0.05) is 13.1 Å². The van der Waals surface area contributed by atoms with Crippen LogP contribution in [0.2, 0.25) is 0 Å². The van der Waals surface area contributed by atoms with E-state index in [1.165, 1.54) is 18.5 Å². The summed E-state index contributed by atoms with van der Waals surface area (Å²) in [5.74, 6) is 0. The van der Waals surface area contributed by atoms with Crippen molar-refractivity contribution in [2.24, 2.45) is 5.41 Å². The van der Waals surface area contributed by atoms with Crippen molar-refractivity contribution in [3.05, 3.63) is 47.7 Å². The topological polar surface area (TPSA) is 3.24 Å². The maximum Gasteiger partial charge on any atom is 0.0424 e. The Morgan fingerprint density at radius 3 is 2.38 bits per heavy atom. The molecule has 0 radical (unpaired) electrons. The van der Waals surface area contributed by atoms with Crippen LogP contribution in [0.25, 0.3) is 0 Å². The molecule has 0 aliphatic carbocycles. The minimum absolute atomic E-state index is 0.325. The van der Waals surface area contributed by atoms with Crippen molar-refractivity contribution >= 4 is 0 Å². The van der Waals surface area contributed by atoms with Crippen LogP contribution in [0.15, 0.2) is 42.1 Å². The van der Waals surface area contributed by atoms with Gasteiger partial charge in [0.15, 0.2) is 0 Å². The lowest BCUT2D eigenvalue weighted by Gasteiger charge is -2.19. The van der Waals surface area contributed by atoms with Crippen LogP contribution in [0.4, 0.5) is 0 Å². The molecule has 1 aliphatic heterocycles. The van der Waals surface area contributed by atoms with Gasteiger partial charge in [-0.2, -0.15) is 0 Å². The fraction of sp³-hybridized carbons (Fsp3) is 0.467. The molecule has 0 unspecified atom stereocenters. The molecule has 0 spiro atoms. The van der Waals surface area contributed by atoms with Gasteiger partial charge in [-0.25, -0.2) is 0 Å². The van der Waals surface area contributed by atoms with E-state index in [1.807, 2.05) is 0 Å². The fourth-order valence-corrected chi connectivity index (χ4v) is 2.12. The average Bonchev–Trinajstić information content (AvgIpc) is 2.67. The van der Waals surface area contributed by atoms with E-state index in [2.05, 4.69) is 62.2 Å². The summed E-state index contributed by atoms with van der Waals surface area (Å²) < 4.78 is 0. The van der Waals surface area contributed by atoms with Gasteiger partial charge in [-0.05, 0) is 29.2 Å². The Labute approximate surface area is 98.8 Å². The summed E-state index contributed by atoms with van der Waals surface area (Å²) in [4.78, 5) is 2.43. The number of rotatable bonds is 2. The quantitative estimate of drug-likeness (QED) is 0.725. The van der Waals surface area contributed by atoms with Crippen LogP contribution in [0.1, 0.15) is 32.8 Å². The third-order valence-electron chi connectivity index (χ3n) is 3.20. The predicted molar refractivity (Wildman–Crippen MR) is 69.0 cm³/mol. The summed E-state index contributed by atoms with van der Waals surface area (Å²) in [6.07, 6.45) is 3.57. The maximum absolute atomic E-state index is 2.43. The normalized spacial score (nSPS) is 16.4. The SMILES string of the molecule is CC(C)(C)C1=CN(Cc2ccccc2)CC1. The molecule has 0 aromatic heterocycles. The molecule has 1 aliphatic rings. The van der Waals surface area contributed by atoms with Crippen molar-refractivity contribution in [2.75, 3.05) is 6.54 Å². The summed E-state index contributed by atoms with van der Waals surface area (Å²) in [7, 11) is 0. The van der Waals surface area contributed by atoms with Crippen molar-refractivity contribution < 1.29 is 0 Å². The Morgan fingerprint density at radius 1 is 1.12 bits per heavy atom. The molecule has 2 rings (SSSR count). The van der Waals surface area contributed by atoms with Gasteiger partial charge < -0.3 is 4.90 Å². The van der Waals surface area contributed by atoms with Gasteiger partial charge in [-0.15, -0.1) is 0 Å². The lowest BCUT2D eigenvalue weighted by Crippen LogP contribution is -2.13. The van der Waals surface area contributed by atoms with E-state index >= 15 is 0 Å². The van der Waals surface area contributed by atoms with E-state index in [0.717, 1.165) is 6.54 Å². The largest absolute Gasteiger partial charge is 0.373 e. The van der Waals surface area contributed by atoms with Gasteiger partial charge in [0.05, 0.1) is 0 Å². The second-order valence-corrected chi connectivity index (χ2v) is 5.61. The monoisotopic (exact) mass is 215 g/mol. The molecule has 0 amide bonds. The summed E-state index contributed by atoms with van der Waals surface area (Å²) in [6.45, 7) is 9.10. The number of nitrogens with zero attached hydrogens (tertiary/aromatic N) is 1. The van der Waals surface area contributed by atoms with Gasteiger partial charge in [-0.3, -0.25) is 0 Å². The first-order valence-electron chi connectivity index (χ1n) is 6.05. The van der Waals surface area contributed by atoms with Crippen LogP contribution in [0.3, 0.4) is 0 Å². The maximum atomic E-state index is 2.43. The summed E-state index contributed by atoms with van der Waals surface area (Å²) in [5.41, 5.74) is 3.29. The van der Waals surface area contributed by atoms with E-state index in [-0.39, 0.29) is 0 Å². The Balaban J connectivity index is 2.02. The molecule has 16 heavy (non-hydrogen) atoms. The molecule has 0 bridgehead atoms. The Hall–Kier alpha value is -1.24. The molecule has 86 valence electrons. The first-order valence-corrected chi connectivity index (χ1v) is 6.05. The fourth-order valence-electron chi connectivity index (χ4n) is 2.12. The first-order chi connectivity index (χ1) is 7.55.